The average molecular weight is 397 g/mol. The summed E-state index contributed by atoms with van der Waals surface area (Å²) < 4.78 is 31.9. The van der Waals surface area contributed by atoms with E-state index in [1.807, 2.05) is 30.3 Å². The van der Waals surface area contributed by atoms with Crippen molar-refractivity contribution in [1.82, 2.24) is 4.31 Å². The number of hydrogen-bond donors (Lipinski definition) is 1. The minimum absolute atomic E-state index is 0. The maximum Gasteiger partial charge on any atom is 0.337 e. The fourth-order valence-electron chi connectivity index (χ4n) is 3.09. The monoisotopic (exact) mass is 396 g/mol. The number of hydrogen-bond acceptors (Lipinski definition) is 5. The molecule has 2 aromatic carbocycles. The summed E-state index contributed by atoms with van der Waals surface area (Å²) in [5.74, 6) is -0.628. The van der Waals surface area contributed by atoms with E-state index in [0.29, 0.717) is 6.54 Å². The number of carbonyl (C=O) groups excluding carboxylic acids is 1. The molecule has 0 aliphatic carbocycles. The summed E-state index contributed by atoms with van der Waals surface area (Å²) in [6.07, 6.45) is 0. The van der Waals surface area contributed by atoms with Crippen molar-refractivity contribution in [1.29, 1.82) is 0 Å². The summed E-state index contributed by atoms with van der Waals surface area (Å²) in [5.41, 5.74) is 7.42. The van der Waals surface area contributed by atoms with E-state index in [-0.39, 0.29) is 41.4 Å². The minimum Gasteiger partial charge on any atom is -0.465 e. The summed E-state index contributed by atoms with van der Waals surface area (Å²) in [6, 6.07) is 15.2. The lowest BCUT2D eigenvalue weighted by Gasteiger charge is -2.17. The molecule has 0 amide bonds. The quantitative estimate of drug-likeness (QED) is 0.798. The fourth-order valence-corrected chi connectivity index (χ4v) is 4.64. The van der Waals surface area contributed by atoms with Gasteiger partial charge in [0, 0.05) is 25.0 Å². The zero-order valence-corrected chi connectivity index (χ0v) is 15.9. The molecule has 2 aromatic rings. The minimum atomic E-state index is -3.73. The Balaban J connectivity index is 0.00000243. The van der Waals surface area contributed by atoms with Crippen molar-refractivity contribution >= 4 is 28.4 Å². The number of halogens is 1. The van der Waals surface area contributed by atoms with Crippen molar-refractivity contribution in [3.63, 3.8) is 0 Å². The number of nitrogens with two attached hydrogens (primary N) is 1. The van der Waals surface area contributed by atoms with E-state index in [1.54, 1.807) is 0 Å². The second-order valence-corrected chi connectivity index (χ2v) is 7.96. The predicted octanol–water partition coefficient (Wildman–Crippen LogP) is 2.01. The van der Waals surface area contributed by atoms with Crippen molar-refractivity contribution in [2.75, 3.05) is 20.2 Å². The van der Waals surface area contributed by atoms with Crippen LogP contribution >= 0.6 is 12.4 Å². The Morgan fingerprint density at radius 1 is 1.12 bits per heavy atom. The molecule has 6 nitrogen and oxygen atoms in total. The first kappa shape index (κ1) is 20.4. The number of rotatable bonds is 4. The van der Waals surface area contributed by atoms with Crippen molar-refractivity contribution in [3.05, 3.63) is 65.7 Å². The highest BCUT2D eigenvalue weighted by molar-refractivity contribution is 7.89. The van der Waals surface area contributed by atoms with Crippen molar-refractivity contribution in [2.24, 2.45) is 5.73 Å². The number of sulfonamides is 1. The SMILES string of the molecule is COC(=O)c1cccc(S(=O)(=O)N2C[C@@H](N)[C@H](c3ccccc3)C2)c1.Cl. The number of carbonyl (C=O) groups is 1. The molecule has 1 heterocycles. The van der Waals surface area contributed by atoms with Crippen LogP contribution in [-0.4, -0.2) is 44.9 Å². The van der Waals surface area contributed by atoms with Crippen molar-refractivity contribution in [3.8, 4) is 0 Å². The summed E-state index contributed by atoms with van der Waals surface area (Å²) in [7, 11) is -2.47. The molecule has 26 heavy (non-hydrogen) atoms. The molecule has 0 unspecified atom stereocenters. The van der Waals surface area contributed by atoms with E-state index in [4.69, 9.17) is 5.73 Å². The molecular weight excluding hydrogens is 376 g/mol. The lowest BCUT2D eigenvalue weighted by atomic mass is 9.95. The first-order valence-corrected chi connectivity index (χ1v) is 9.36. The Bertz CT molecular complexity index is 874. The van der Waals surface area contributed by atoms with E-state index in [0.717, 1.165) is 5.56 Å². The molecule has 2 N–H and O–H groups in total. The molecule has 8 heteroatoms. The van der Waals surface area contributed by atoms with Gasteiger partial charge in [-0.25, -0.2) is 13.2 Å². The molecule has 0 radical (unpaired) electrons. The molecule has 2 atom stereocenters. The van der Waals surface area contributed by atoms with Gasteiger partial charge in [-0.3, -0.25) is 0 Å². The molecule has 0 spiro atoms. The molecule has 0 bridgehead atoms. The van der Waals surface area contributed by atoms with Crippen LogP contribution in [0.3, 0.4) is 0 Å². The Kier molecular flexibility index (Phi) is 6.41. The van der Waals surface area contributed by atoms with Crippen molar-refractivity contribution < 1.29 is 17.9 Å². The first-order valence-electron chi connectivity index (χ1n) is 7.92. The first-order chi connectivity index (χ1) is 11.9. The summed E-state index contributed by atoms with van der Waals surface area (Å²) in [5, 5.41) is 0. The van der Waals surface area contributed by atoms with Gasteiger partial charge in [0.25, 0.3) is 0 Å². The Labute approximate surface area is 159 Å². The third-order valence-corrected chi connectivity index (χ3v) is 6.28. The van der Waals surface area contributed by atoms with E-state index in [1.165, 1.54) is 35.7 Å². The van der Waals surface area contributed by atoms with Gasteiger partial charge in [0.05, 0.1) is 17.6 Å². The topological polar surface area (TPSA) is 89.7 Å². The van der Waals surface area contributed by atoms with Crippen LogP contribution < -0.4 is 5.73 Å². The Morgan fingerprint density at radius 2 is 1.81 bits per heavy atom. The average Bonchev–Trinajstić information content (AvgIpc) is 3.04. The number of esters is 1. The molecule has 0 aromatic heterocycles. The van der Waals surface area contributed by atoms with E-state index in [9.17, 15) is 13.2 Å². The zero-order valence-electron chi connectivity index (χ0n) is 14.2. The number of nitrogens with zero attached hydrogens (tertiary/aromatic N) is 1. The molecule has 3 rings (SSSR count). The van der Waals surface area contributed by atoms with E-state index in [2.05, 4.69) is 4.74 Å². The van der Waals surface area contributed by atoms with Gasteiger partial charge in [-0.05, 0) is 23.8 Å². The number of benzene rings is 2. The molecule has 140 valence electrons. The predicted molar refractivity (Wildman–Crippen MR) is 101 cm³/mol. The van der Waals surface area contributed by atoms with Crippen LogP contribution in [0.2, 0.25) is 0 Å². The van der Waals surface area contributed by atoms with Gasteiger partial charge in [0.15, 0.2) is 0 Å². The van der Waals surface area contributed by atoms with Crippen LogP contribution in [0.25, 0.3) is 0 Å². The zero-order chi connectivity index (χ0) is 18.0. The highest BCUT2D eigenvalue weighted by Crippen LogP contribution is 2.30. The van der Waals surface area contributed by atoms with Crippen molar-refractivity contribution in [2.45, 2.75) is 16.9 Å². The second-order valence-electron chi connectivity index (χ2n) is 6.02. The largest absolute Gasteiger partial charge is 0.465 e. The maximum absolute atomic E-state index is 12.9. The third kappa shape index (κ3) is 3.91. The van der Waals surface area contributed by atoms with Crippen LogP contribution in [0.1, 0.15) is 21.8 Å². The second kappa shape index (κ2) is 8.18. The fraction of sp³-hybridized carbons (Fsp3) is 0.278. The lowest BCUT2D eigenvalue weighted by molar-refractivity contribution is 0.0600. The van der Waals surface area contributed by atoms with Crippen LogP contribution in [0.4, 0.5) is 0 Å². The van der Waals surface area contributed by atoms with Gasteiger partial charge in [0.1, 0.15) is 0 Å². The van der Waals surface area contributed by atoms with E-state index >= 15 is 0 Å². The molecule has 1 aliphatic rings. The van der Waals surface area contributed by atoms with Crippen LogP contribution in [0, 0.1) is 0 Å². The molecular formula is C18H21ClN2O4S. The van der Waals surface area contributed by atoms with Gasteiger partial charge in [-0.1, -0.05) is 36.4 Å². The molecule has 1 fully saturated rings. The van der Waals surface area contributed by atoms with Gasteiger partial charge in [-0.15, -0.1) is 12.4 Å². The van der Waals surface area contributed by atoms with Crippen LogP contribution in [-0.2, 0) is 14.8 Å². The summed E-state index contributed by atoms with van der Waals surface area (Å²) in [6.45, 7) is 0.556. The maximum atomic E-state index is 12.9. The highest BCUT2D eigenvalue weighted by atomic mass is 35.5. The lowest BCUT2D eigenvalue weighted by Crippen LogP contribution is -2.32. The van der Waals surface area contributed by atoms with Gasteiger partial charge in [-0.2, -0.15) is 4.31 Å². The molecule has 1 saturated heterocycles. The van der Waals surface area contributed by atoms with Gasteiger partial charge >= 0.3 is 5.97 Å². The normalized spacial score (nSPS) is 20.4. The Hall–Kier alpha value is -1.93. The van der Waals surface area contributed by atoms with Crippen LogP contribution in [0.15, 0.2) is 59.5 Å². The number of methoxy groups -OCH3 is 1. The standard InChI is InChI=1S/C18H20N2O4S.ClH/c1-24-18(21)14-8-5-9-15(10-14)25(22,23)20-11-16(17(19)12-20)13-6-3-2-4-7-13;/h2-10,16-17H,11-12,19H2,1H3;1H/t16-,17+;/m0./s1. The smallest absolute Gasteiger partial charge is 0.337 e. The summed E-state index contributed by atoms with van der Waals surface area (Å²) >= 11 is 0. The molecule has 0 saturated carbocycles. The summed E-state index contributed by atoms with van der Waals surface area (Å²) in [4.78, 5) is 11.7. The Morgan fingerprint density at radius 3 is 2.46 bits per heavy atom. The number of ether oxygens (including phenoxy) is 1. The van der Waals surface area contributed by atoms with Gasteiger partial charge in [0.2, 0.25) is 10.0 Å². The third-order valence-electron chi connectivity index (χ3n) is 4.45. The van der Waals surface area contributed by atoms with Gasteiger partial charge < -0.3 is 10.5 Å². The van der Waals surface area contributed by atoms with Crippen LogP contribution in [0.5, 0.6) is 0 Å². The van der Waals surface area contributed by atoms with E-state index < -0.39 is 16.0 Å². The molecule has 1 aliphatic heterocycles. The highest BCUT2D eigenvalue weighted by Gasteiger charge is 2.38.